The van der Waals surface area contributed by atoms with Crippen molar-refractivity contribution in [3.05, 3.63) is 65.7 Å². The zero-order valence-corrected chi connectivity index (χ0v) is 18.5. The number of ketones is 1. The van der Waals surface area contributed by atoms with Crippen molar-refractivity contribution in [1.29, 1.82) is 0 Å². The van der Waals surface area contributed by atoms with Crippen molar-refractivity contribution < 1.29 is 29.4 Å². The number of hydrogen-bond acceptors (Lipinski definition) is 6. The van der Waals surface area contributed by atoms with Crippen LogP contribution in [0.15, 0.2) is 54.6 Å². The van der Waals surface area contributed by atoms with Gasteiger partial charge < -0.3 is 20.8 Å². The van der Waals surface area contributed by atoms with Crippen LogP contribution in [0.4, 0.5) is 5.69 Å². The molecule has 4 N–H and O–H groups in total. The molecule has 2 aromatic carbocycles. The number of carboxylic acid groups (broad SMARTS) is 2. The lowest BCUT2D eigenvalue weighted by Gasteiger charge is -2.33. The Balaban J connectivity index is 2.31. The fraction of sp³-hybridized carbons (Fsp3) is 0.304. The van der Waals surface area contributed by atoms with Gasteiger partial charge in [-0.15, -0.1) is 0 Å². The monoisotopic (exact) mass is 458 g/mol. The first kappa shape index (κ1) is 24.9. The molecule has 0 heterocycles. The van der Waals surface area contributed by atoms with Gasteiger partial charge in [0.15, 0.2) is 5.78 Å². The number of thiol groups is 1. The summed E-state index contributed by atoms with van der Waals surface area (Å²) < 4.78 is 0. The van der Waals surface area contributed by atoms with E-state index in [4.69, 9.17) is 5.11 Å². The highest BCUT2D eigenvalue weighted by Gasteiger charge is 2.41. The highest BCUT2D eigenvalue weighted by molar-refractivity contribution is 7.80. The minimum absolute atomic E-state index is 0.155. The third-order valence-corrected chi connectivity index (χ3v) is 5.42. The Labute approximate surface area is 191 Å². The number of benzene rings is 2. The number of aliphatic carboxylic acids is 2. The number of anilines is 1. The van der Waals surface area contributed by atoms with E-state index in [0.29, 0.717) is 17.7 Å². The Hall–Kier alpha value is -3.33. The van der Waals surface area contributed by atoms with Crippen molar-refractivity contribution >= 4 is 41.9 Å². The van der Waals surface area contributed by atoms with Crippen molar-refractivity contribution in [3.8, 4) is 0 Å². The Morgan fingerprint density at radius 3 is 2.12 bits per heavy atom. The number of carbonyl (C=O) groups is 4. The molecule has 2 rings (SSSR count). The van der Waals surface area contributed by atoms with Gasteiger partial charge in [0.25, 0.3) is 0 Å². The number of carbonyl (C=O) groups excluding carboxylic acids is 2. The summed E-state index contributed by atoms with van der Waals surface area (Å²) in [5.74, 6) is -3.81. The molecule has 8 nitrogen and oxygen atoms in total. The Morgan fingerprint density at radius 1 is 1.00 bits per heavy atom. The molecule has 0 aliphatic heterocycles. The third-order valence-electron chi connectivity index (χ3n) is 4.98. The van der Waals surface area contributed by atoms with Gasteiger partial charge in [0.1, 0.15) is 0 Å². The predicted molar refractivity (Wildman–Crippen MR) is 123 cm³/mol. The van der Waals surface area contributed by atoms with Crippen molar-refractivity contribution in [1.82, 2.24) is 5.32 Å². The van der Waals surface area contributed by atoms with Gasteiger partial charge in [0.05, 0.1) is 5.92 Å². The van der Waals surface area contributed by atoms with Crippen molar-refractivity contribution in [2.24, 2.45) is 5.92 Å². The maximum absolute atomic E-state index is 13.0. The molecule has 0 bridgehead atoms. The Kier molecular flexibility index (Phi) is 8.83. The first-order valence-corrected chi connectivity index (χ1v) is 10.6. The Bertz CT molecular complexity index is 964. The zero-order chi connectivity index (χ0) is 23.7. The molecule has 0 aliphatic carbocycles. The molecular weight excluding hydrogens is 432 g/mol. The molecule has 0 saturated heterocycles. The molecular formula is C23H26N2O6S. The highest BCUT2D eigenvalue weighted by atomic mass is 32.1. The topological polar surface area (TPSA) is 133 Å². The summed E-state index contributed by atoms with van der Waals surface area (Å²) in [6.45, 7) is 1.40. The minimum atomic E-state index is -2.06. The molecule has 0 spiro atoms. The van der Waals surface area contributed by atoms with Gasteiger partial charge in [-0.25, -0.2) is 4.79 Å². The van der Waals surface area contributed by atoms with Crippen LogP contribution in [0.5, 0.6) is 0 Å². The molecule has 170 valence electrons. The van der Waals surface area contributed by atoms with Gasteiger partial charge in [-0.1, -0.05) is 30.3 Å². The molecule has 32 heavy (non-hydrogen) atoms. The quantitative estimate of drug-likeness (QED) is 0.188. The number of carboxylic acids is 2. The van der Waals surface area contributed by atoms with Gasteiger partial charge in [-0.2, -0.15) is 12.6 Å². The van der Waals surface area contributed by atoms with Crippen molar-refractivity contribution in [3.63, 3.8) is 0 Å². The summed E-state index contributed by atoms with van der Waals surface area (Å²) >= 11 is 4.25. The summed E-state index contributed by atoms with van der Waals surface area (Å²) in [5, 5.41) is 24.4. The van der Waals surface area contributed by atoms with Crippen molar-refractivity contribution in [2.75, 3.05) is 11.1 Å². The van der Waals surface area contributed by atoms with Crippen LogP contribution in [0.3, 0.4) is 0 Å². The lowest BCUT2D eigenvalue weighted by Crippen LogP contribution is -2.61. The molecule has 2 unspecified atom stereocenters. The first-order valence-electron chi connectivity index (χ1n) is 9.98. The third kappa shape index (κ3) is 6.84. The SMILES string of the molecule is CC(=O)c1ccc(NC(CCC(=O)O)(NC(=O)C(CS)Cc2ccccc2)C(=O)O)cc1. The minimum Gasteiger partial charge on any atom is -0.481 e. The summed E-state index contributed by atoms with van der Waals surface area (Å²) in [6, 6.07) is 15.3. The maximum atomic E-state index is 13.0. The maximum Gasteiger partial charge on any atom is 0.350 e. The van der Waals surface area contributed by atoms with Gasteiger partial charge in [0, 0.05) is 29.8 Å². The van der Waals surface area contributed by atoms with E-state index in [9.17, 15) is 24.3 Å². The van der Waals surface area contributed by atoms with Crippen LogP contribution in [0.25, 0.3) is 0 Å². The molecule has 1 amide bonds. The van der Waals surface area contributed by atoms with Crippen LogP contribution >= 0.6 is 12.6 Å². The first-order chi connectivity index (χ1) is 15.2. The van der Waals surface area contributed by atoms with E-state index < -0.39 is 42.3 Å². The average molecular weight is 459 g/mol. The highest BCUT2D eigenvalue weighted by Crippen LogP contribution is 2.22. The van der Waals surface area contributed by atoms with Crippen LogP contribution < -0.4 is 10.6 Å². The molecule has 0 aromatic heterocycles. The fourth-order valence-electron chi connectivity index (χ4n) is 3.15. The van der Waals surface area contributed by atoms with Gasteiger partial charge in [-0.3, -0.25) is 14.4 Å². The summed E-state index contributed by atoms with van der Waals surface area (Å²) in [4.78, 5) is 48.0. The largest absolute Gasteiger partial charge is 0.481 e. The molecule has 0 saturated carbocycles. The lowest BCUT2D eigenvalue weighted by molar-refractivity contribution is -0.148. The van der Waals surface area contributed by atoms with Crippen LogP contribution in [0.2, 0.25) is 0 Å². The standard InChI is InChI=1S/C23H26N2O6S/c1-15(26)17-7-9-19(10-8-17)24-23(22(30)31,12-11-20(27)28)25-21(29)18(14-32)13-16-5-3-2-4-6-16/h2-10,18,24,32H,11-14H2,1H3,(H,25,29)(H,27,28)(H,30,31). The predicted octanol–water partition coefficient (Wildman–Crippen LogP) is 2.85. The van der Waals surface area contributed by atoms with E-state index >= 15 is 0 Å². The molecule has 2 aromatic rings. The molecule has 9 heteroatoms. The number of amides is 1. The second kappa shape index (κ2) is 11.3. The van der Waals surface area contributed by atoms with E-state index in [-0.39, 0.29) is 11.5 Å². The summed E-state index contributed by atoms with van der Waals surface area (Å²) in [5.41, 5.74) is -0.427. The van der Waals surface area contributed by atoms with Crippen LogP contribution in [-0.2, 0) is 20.8 Å². The number of hydrogen-bond donors (Lipinski definition) is 5. The summed E-state index contributed by atoms with van der Waals surface area (Å²) in [6.07, 6.45) is -0.546. The molecule has 2 atom stereocenters. The molecule has 0 radical (unpaired) electrons. The number of Topliss-reactive ketones (excluding diaryl/α,β-unsaturated/α-hetero) is 1. The lowest BCUT2D eigenvalue weighted by atomic mass is 9.97. The zero-order valence-electron chi connectivity index (χ0n) is 17.6. The van der Waals surface area contributed by atoms with E-state index in [1.807, 2.05) is 30.3 Å². The second-order valence-electron chi connectivity index (χ2n) is 7.42. The second-order valence-corrected chi connectivity index (χ2v) is 7.79. The number of nitrogens with one attached hydrogen (secondary N) is 2. The van der Waals surface area contributed by atoms with Gasteiger partial charge in [-0.05, 0) is 43.2 Å². The van der Waals surface area contributed by atoms with E-state index in [1.165, 1.54) is 31.2 Å². The van der Waals surface area contributed by atoms with Gasteiger partial charge in [0.2, 0.25) is 11.6 Å². The van der Waals surface area contributed by atoms with E-state index in [0.717, 1.165) is 5.56 Å². The summed E-state index contributed by atoms with van der Waals surface area (Å²) in [7, 11) is 0. The molecule has 0 fully saturated rings. The smallest absolute Gasteiger partial charge is 0.350 e. The molecule has 0 aliphatic rings. The van der Waals surface area contributed by atoms with Crippen LogP contribution in [0.1, 0.15) is 35.7 Å². The van der Waals surface area contributed by atoms with Crippen molar-refractivity contribution in [2.45, 2.75) is 31.8 Å². The average Bonchev–Trinajstić information content (AvgIpc) is 2.76. The van der Waals surface area contributed by atoms with E-state index in [1.54, 1.807) is 0 Å². The van der Waals surface area contributed by atoms with Gasteiger partial charge >= 0.3 is 11.9 Å². The van der Waals surface area contributed by atoms with Crippen LogP contribution in [0, 0.1) is 5.92 Å². The Morgan fingerprint density at radius 2 is 1.62 bits per heavy atom. The van der Waals surface area contributed by atoms with Crippen LogP contribution in [-0.4, -0.2) is 45.3 Å². The van der Waals surface area contributed by atoms with E-state index in [2.05, 4.69) is 23.3 Å². The number of rotatable bonds is 12. The fourth-order valence-corrected chi connectivity index (χ4v) is 3.45. The normalized spacial score (nSPS) is 13.4.